The summed E-state index contributed by atoms with van der Waals surface area (Å²) in [5.74, 6) is -0.928. The van der Waals surface area contributed by atoms with E-state index in [0.717, 1.165) is 0 Å². The summed E-state index contributed by atoms with van der Waals surface area (Å²) < 4.78 is 4.51. The summed E-state index contributed by atoms with van der Waals surface area (Å²) in [4.78, 5) is 23.7. The van der Waals surface area contributed by atoms with Gasteiger partial charge in [0.15, 0.2) is 0 Å². The zero-order chi connectivity index (χ0) is 13.5. The van der Waals surface area contributed by atoms with Crippen LogP contribution >= 0.6 is 0 Å². The third-order valence-electron chi connectivity index (χ3n) is 2.88. The predicted molar refractivity (Wildman–Crippen MR) is 61.7 cm³/mol. The van der Waals surface area contributed by atoms with E-state index in [9.17, 15) is 9.59 Å². The standard InChI is InChI=1S/C11H17N3O4/c1-18-11(17)13-9-4-8(5-10(15)16)6-14(7-9)3-2-12/h8-9H,3-7H2,1H3,(H,13,17)(H,15,16). The van der Waals surface area contributed by atoms with Gasteiger partial charge in [0.2, 0.25) is 0 Å². The first-order valence-electron chi connectivity index (χ1n) is 5.70. The monoisotopic (exact) mass is 255 g/mol. The number of nitrogens with one attached hydrogen (secondary N) is 1. The molecule has 1 fully saturated rings. The summed E-state index contributed by atoms with van der Waals surface area (Å²) in [6.07, 6.45) is 0.0952. The van der Waals surface area contributed by atoms with Gasteiger partial charge in [0.05, 0.1) is 19.7 Å². The largest absolute Gasteiger partial charge is 0.481 e. The summed E-state index contributed by atoms with van der Waals surface area (Å²) in [6, 6.07) is 1.86. The summed E-state index contributed by atoms with van der Waals surface area (Å²) in [7, 11) is 1.28. The van der Waals surface area contributed by atoms with E-state index in [0.29, 0.717) is 19.5 Å². The Morgan fingerprint density at radius 2 is 2.28 bits per heavy atom. The Balaban J connectivity index is 2.59. The number of rotatable bonds is 4. The molecule has 0 aliphatic carbocycles. The molecule has 0 aromatic carbocycles. The van der Waals surface area contributed by atoms with Crippen molar-refractivity contribution in [1.29, 1.82) is 5.26 Å². The van der Waals surface area contributed by atoms with Crippen LogP contribution in [0.2, 0.25) is 0 Å². The Kier molecular flexibility index (Phi) is 5.39. The number of carboxylic acids is 1. The van der Waals surface area contributed by atoms with E-state index in [1.54, 1.807) is 0 Å². The first kappa shape index (κ1) is 14.3. The number of methoxy groups -OCH3 is 1. The number of amides is 1. The predicted octanol–water partition coefficient (Wildman–Crippen LogP) is 0.0312. The molecule has 0 spiro atoms. The molecule has 2 atom stereocenters. The first-order valence-corrected chi connectivity index (χ1v) is 5.70. The molecule has 2 unspecified atom stereocenters. The number of hydrogen-bond donors (Lipinski definition) is 2. The number of ether oxygens (including phenoxy) is 1. The molecule has 7 nitrogen and oxygen atoms in total. The number of carboxylic acid groups (broad SMARTS) is 1. The second-order valence-electron chi connectivity index (χ2n) is 4.38. The molecule has 1 heterocycles. The maximum absolute atomic E-state index is 11.1. The molecule has 1 aliphatic rings. The second kappa shape index (κ2) is 6.81. The Hall–Kier alpha value is -1.81. The van der Waals surface area contributed by atoms with Crippen molar-refractivity contribution < 1.29 is 19.4 Å². The average Bonchev–Trinajstić information content (AvgIpc) is 2.28. The Morgan fingerprint density at radius 3 is 2.83 bits per heavy atom. The zero-order valence-electron chi connectivity index (χ0n) is 10.3. The van der Waals surface area contributed by atoms with E-state index in [2.05, 4.69) is 10.1 Å². The highest BCUT2D eigenvalue weighted by molar-refractivity contribution is 5.68. The average molecular weight is 255 g/mol. The molecule has 18 heavy (non-hydrogen) atoms. The topological polar surface area (TPSA) is 103 Å². The Labute approximate surface area is 105 Å². The van der Waals surface area contributed by atoms with Crippen molar-refractivity contribution >= 4 is 12.1 Å². The third kappa shape index (κ3) is 4.59. The summed E-state index contributed by atoms with van der Waals surface area (Å²) >= 11 is 0. The lowest BCUT2D eigenvalue weighted by Gasteiger charge is -2.36. The zero-order valence-corrected chi connectivity index (χ0v) is 10.3. The molecule has 2 N–H and O–H groups in total. The second-order valence-corrected chi connectivity index (χ2v) is 4.38. The van der Waals surface area contributed by atoms with Gasteiger partial charge in [0.1, 0.15) is 0 Å². The lowest BCUT2D eigenvalue weighted by atomic mass is 9.91. The SMILES string of the molecule is COC(=O)NC1CC(CC(=O)O)CN(CC#N)C1. The van der Waals surface area contributed by atoms with E-state index in [1.165, 1.54) is 7.11 Å². The van der Waals surface area contributed by atoms with Crippen molar-refractivity contribution in [3.8, 4) is 6.07 Å². The smallest absolute Gasteiger partial charge is 0.407 e. The fourth-order valence-electron chi connectivity index (χ4n) is 2.26. The van der Waals surface area contributed by atoms with Gasteiger partial charge in [0.25, 0.3) is 0 Å². The molecule has 1 rings (SSSR count). The van der Waals surface area contributed by atoms with Crippen LogP contribution in [0.3, 0.4) is 0 Å². The molecule has 0 bridgehead atoms. The molecule has 100 valence electrons. The van der Waals surface area contributed by atoms with Gasteiger partial charge in [-0.2, -0.15) is 5.26 Å². The third-order valence-corrected chi connectivity index (χ3v) is 2.88. The molecule has 7 heteroatoms. The number of piperidine rings is 1. The van der Waals surface area contributed by atoms with Crippen molar-refractivity contribution in [2.75, 3.05) is 26.7 Å². The summed E-state index contributed by atoms with van der Waals surface area (Å²) in [6.45, 7) is 1.34. The molecule has 0 saturated carbocycles. The fraction of sp³-hybridized carbons (Fsp3) is 0.727. The number of hydrogen-bond acceptors (Lipinski definition) is 5. The van der Waals surface area contributed by atoms with Gasteiger partial charge in [-0.05, 0) is 12.3 Å². The molecule has 1 aliphatic heterocycles. The van der Waals surface area contributed by atoms with Crippen molar-refractivity contribution in [3.63, 3.8) is 0 Å². The highest BCUT2D eigenvalue weighted by Gasteiger charge is 2.29. The van der Waals surface area contributed by atoms with E-state index in [1.807, 2.05) is 11.0 Å². The number of carbonyl (C=O) groups excluding carboxylic acids is 1. The van der Waals surface area contributed by atoms with Crippen molar-refractivity contribution in [2.24, 2.45) is 5.92 Å². The first-order chi connectivity index (χ1) is 8.55. The highest BCUT2D eigenvalue weighted by atomic mass is 16.5. The quantitative estimate of drug-likeness (QED) is 0.687. The van der Waals surface area contributed by atoms with Crippen LogP contribution in [-0.2, 0) is 9.53 Å². The van der Waals surface area contributed by atoms with Crippen LogP contribution in [0.4, 0.5) is 4.79 Å². The lowest BCUT2D eigenvalue weighted by molar-refractivity contribution is -0.138. The summed E-state index contributed by atoms with van der Waals surface area (Å²) in [5, 5.41) is 20.1. The van der Waals surface area contributed by atoms with Crippen LogP contribution in [0, 0.1) is 17.2 Å². The molecular weight excluding hydrogens is 238 g/mol. The van der Waals surface area contributed by atoms with Crippen LogP contribution < -0.4 is 5.32 Å². The molecule has 0 aromatic rings. The van der Waals surface area contributed by atoms with Gasteiger partial charge in [-0.25, -0.2) is 4.79 Å². The highest BCUT2D eigenvalue weighted by Crippen LogP contribution is 2.20. The summed E-state index contributed by atoms with van der Waals surface area (Å²) in [5.41, 5.74) is 0. The molecule has 1 amide bonds. The number of likely N-dealkylation sites (tertiary alicyclic amines) is 1. The number of aliphatic carboxylic acids is 1. The Bertz CT molecular complexity index is 353. The molecule has 1 saturated heterocycles. The van der Waals surface area contributed by atoms with Gasteiger partial charge in [-0.3, -0.25) is 9.69 Å². The number of carbonyl (C=O) groups is 2. The lowest BCUT2D eigenvalue weighted by Crippen LogP contribution is -2.51. The van der Waals surface area contributed by atoms with Gasteiger partial charge in [-0.1, -0.05) is 0 Å². The van der Waals surface area contributed by atoms with Crippen LogP contribution in [0.25, 0.3) is 0 Å². The normalized spacial score (nSPS) is 24.0. The van der Waals surface area contributed by atoms with Crippen LogP contribution in [0.15, 0.2) is 0 Å². The van der Waals surface area contributed by atoms with E-state index >= 15 is 0 Å². The van der Waals surface area contributed by atoms with Crippen molar-refractivity contribution in [1.82, 2.24) is 10.2 Å². The van der Waals surface area contributed by atoms with Crippen LogP contribution in [0.1, 0.15) is 12.8 Å². The fourth-order valence-corrected chi connectivity index (χ4v) is 2.26. The number of alkyl carbamates (subject to hydrolysis) is 1. The van der Waals surface area contributed by atoms with Gasteiger partial charge in [0, 0.05) is 25.6 Å². The maximum atomic E-state index is 11.1. The number of nitrogens with zero attached hydrogens (tertiary/aromatic N) is 2. The minimum absolute atomic E-state index is 0.0429. The van der Waals surface area contributed by atoms with Crippen LogP contribution in [0.5, 0.6) is 0 Å². The van der Waals surface area contributed by atoms with E-state index in [4.69, 9.17) is 10.4 Å². The molecular formula is C11H17N3O4. The van der Waals surface area contributed by atoms with Crippen molar-refractivity contribution in [3.05, 3.63) is 0 Å². The van der Waals surface area contributed by atoms with Crippen LogP contribution in [-0.4, -0.2) is 54.9 Å². The Morgan fingerprint density at radius 1 is 1.56 bits per heavy atom. The maximum Gasteiger partial charge on any atom is 0.407 e. The van der Waals surface area contributed by atoms with Gasteiger partial charge < -0.3 is 15.2 Å². The van der Waals surface area contributed by atoms with Gasteiger partial charge in [-0.15, -0.1) is 0 Å². The molecule has 0 aromatic heterocycles. The van der Waals surface area contributed by atoms with Crippen molar-refractivity contribution in [2.45, 2.75) is 18.9 Å². The van der Waals surface area contributed by atoms with E-state index < -0.39 is 12.1 Å². The minimum atomic E-state index is -0.865. The van der Waals surface area contributed by atoms with Gasteiger partial charge >= 0.3 is 12.1 Å². The number of nitriles is 1. The van der Waals surface area contributed by atoms with E-state index in [-0.39, 0.29) is 24.9 Å². The minimum Gasteiger partial charge on any atom is -0.481 e. The molecule has 0 radical (unpaired) electrons.